The molecule has 0 aliphatic carbocycles. The normalized spacial score (nSPS) is 16.0. The fraction of sp³-hybridized carbons (Fsp3) is 0.333. The number of H-pyrrole nitrogens is 1. The van der Waals surface area contributed by atoms with Crippen molar-refractivity contribution in [2.75, 3.05) is 17.7 Å². The fourth-order valence-electron chi connectivity index (χ4n) is 3.00. The molecule has 0 aromatic carbocycles. The first-order valence-corrected chi connectivity index (χ1v) is 9.37. The van der Waals surface area contributed by atoms with Crippen LogP contribution in [-0.2, 0) is 9.53 Å². The number of esters is 1. The molecule has 3 heterocycles. The Balaban J connectivity index is 2.22. The maximum atomic E-state index is 12.8. The fourth-order valence-corrected chi connectivity index (χ4v) is 3.59. The minimum atomic E-state index is -0.587. The molecule has 0 spiro atoms. The number of anilines is 1. The molecule has 0 saturated carbocycles. The van der Waals surface area contributed by atoms with Gasteiger partial charge >= 0.3 is 5.97 Å². The molecule has 1 atom stereocenters. The summed E-state index contributed by atoms with van der Waals surface area (Å²) in [7, 11) is 0. The van der Waals surface area contributed by atoms with Crippen LogP contribution >= 0.6 is 11.8 Å². The highest BCUT2D eigenvalue weighted by molar-refractivity contribution is 7.99. The van der Waals surface area contributed by atoms with Crippen molar-refractivity contribution in [1.82, 2.24) is 15.0 Å². The Morgan fingerprint density at radius 1 is 1.38 bits per heavy atom. The van der Waals surface area contributed by atoms with Gasteiger partial charge in [-0.15, -0.1) is 0 Å². The van der Waals surface area contributed by atoms with Gasteiger partial charge in [0, 0.05) is 18.1 Å². The molecule has 1 unspecified atom stereocenters. The van der Waals surface area contributed by atoms with E-state index in [0.29, 0.717) is 27.8 Å². The van der Waals surface area contributed by atoms with Crippen molar-refractivity contribution in [3.63, 3.8) is 0 Å². The Bertz CT molecular complexity index is 908. The third-order valence-corrected chi connectivity index (χ3v) is 4.77. The number of allylic oxidation sites excluding steroid dienone is 1. The molecule has 0 bridgehead atoms. The molecule has 2 aromatic heterocycles. The van der Waals surface area contributed by atoms with Crippen molar-refractivity contribution in [2.24, 2.45) is 0 Å². The SMILES string of the molecule is CCOC(=O)C1=C(C)Nc2nc(SCC)[nH]c(=O)c2C1c1cccnc1. The smallest absolute Gasteiger partial charge is 0.336 e. The van der Waals surface area contributed by atoms with Crippen molar-refractivity contribution >= 4 is 23.5 Å². The third kappa shape index (κ3) is 3.37. The summed E-state index contributed by atoms with van der Waals surface area (Å²) < 4.78 is 5.23. The maximum absolute atomic E-state index is 12.8. The van der Waals surface area contributed by atoms with Crippen LogP contribution in [0.15, 0.2) is 45.7 Å². The molecule has 0 saturated heterocycles. The average molecular weight is 372 g/mol. The summed E-state index contributed by atoms with van der Waals surface area (Å²) in [6, 6.07) is 3.62. The zero-order chi connectivity index (χ0) is 18.7. The monoisotopic (exact) mass is 372 g/mol. The van der Waals surface area contributed by atoms with Crippen LogP contribution < -0.4 is 10.9 Å². The summed E-state index contributed by atoms with van der Waals surface area (Å²) in [5.74, 6) is 0.208. The van der Waals surface area contributed by atoms with Gasteiger partial charge in [0.2, 0.25) is 0 Å². The number of aromatic amines is 1. The Labute approximate surface area is 155 Å². The van der Waals surface area contributed by atoms with Crippen LogP contribution in [0.3, 0.4) is 0 Å². The Morgan fingerprint density at radius 3 is 2.85 bits per heavy atom. The van der Waals surface area contributed by atoms with Gasteiger partial charge in [-0.3, -0.25) is 9.78 Å². The standard InChI is InChI=1S/C18H20N4O3S/c1-4-25-17(24)12-10(3)20-15-14(13(12)11-7-6-8-19-9-11)16(23)22-18(21-15)26-5-2/h6-9,13H,4-5H2,1-3H3,(H2,20,21,22,23). The highest BCUT2D eigenvalue weighted by atomic mass is 32.2. The van der Waals surface area contributed by atoms with Gasteiger partial charge < -0.3 is 15.0 Å². The van der Waals surface area contributed by atoms with Crippen LogP contribution in [0.2, 0.25) is 0 Å². The van der Waals surface area contributed by atoms with Crippen molar-refractivity contribution < 1.29 is 9.53 Å². The molecule has 2 N–H and O–H groups in total. The number of nitrogens with one attached hydrogen (secondary N) is 2. The first-order chi connectivity index (χ1) is 12.6. The summed E-state index contributed by atoms with van der Waals surface area (Å²) in [5, 5.41) is 3.65. The second-order valence-corrected chi connectivity index (χ2v) is 6.92. The number of carbonyl (C=O) groups is 1. The zero-order valence-corrected chi connectivity index (χ0v) is 15.6. The van der Waals surface area contributed by atoms with E-state index in [2.05, 4.69) is 20.3 Å². The summed E-state index contributed by atoms with van der Waals surface area (Å²) in [6.07, 6.45) is 3.30. The predicted molar refractivity (Wildman–Crippen MR) is 100 cm³/mol. The van der Waals surface area contributed by atoms with Crippen LogP contribution in [0.1, 0.15) is 37.8 Å². The van der Waals surface area contributed by atoms with Gasteiger partial charge in [0.25, 0.3) is 5.56 Å². The molecule has 8 heteroatoms. The topological polar surface area (TPSA) is 97.0 Å². The van der Waals surface area contributed by atoms with Gasteiger partial charge in [-0.05, 0) is 31.2 Å². The summed E-state index contributed by atoms with van der Waals surface area (Å²) >= 11 is 1.45. The van der Waals surface area contributed by atoms with Crippen LogP contribution in [0.25, 0.3) is 0 Å². The molecule has 0 fully saturated rings. The van der Waals surface area contributed by atoms with Crippen LogP contribution in [0.5, 0.6) is 0 Å². The van der Waals surface area contributed by atoms with E-state index in [1.165, 1.54) is 11.8 Å². The van der Waals surface area contributed by atoms with Crippen LogP contribution in [-0.4, -0.2) is 33.3 Å². The van der Waals surface area contributed by atoms with Crippen molar-refractivity contribution in [3.8, 4) is 0 Å². The highest BCUT2D eigenvalue weighted by Crippen LogP contribution is 2.39. The Hall–Kier alpha value is -2.61. The molecule has 26 heavy (non-hydrogen) atoms. The largest absolute Gasteiger partial charge is 0.463 e. The quantitative estimate of drug-likeness (QED) is 0.473. The summed E-state index contributed by atoms with van der Waals surface area (Å²) in [4.78, 5) is 36.9. The van der Waals surface area contributed by atoms with E-state index in [9.17, 15) is 9.59 Å². The molecular formula is C18H20N4O3S. The molecule has 1 aliphatic rings. The third-order valence-electron chi connectivity index (χ3n) is 4.01. The number of rotatable bonds is 5. The van der Waals surface area contributed by atoms with E-state index >= 15 is 0 Å². The van der Waals surface area contributed by atoms with Gasteiger partial charge in [0.05, 0.1) is 23.7 Å². The number of hydrogen-bond donors (Lipinski definition) is 2. The van der Waals surface area contributed by atoms with Crippen LogP contribution in [0, 0.1) is 0 Å². The number of ether oxygens (including phenoxy) is 1. The van der Waals surface area contributed by atoms with Crippen molar-refractivity contribution in [1.29, 1.82) is 0 Å². The van der Waals surface area contributed by atoms with Gasteiger partial charge in [-0.1, -0.05) is 24.8 Å². The van der Waals surface area contributed by atoms with Crippen LogP contribution in [0.4, 0.5) is 5.82 Å². The van der Waals surface area contributed by atoms with Crippen molar-refractivity contribution in [3.05, 3.63) is 57.3 Å². The van der Waals surface area contributed by atoms with E-state index in [1.54, 1.807) is 32.3 Å². The lowest BCUT2D eigenvalue weighted by atomic mass is 9.83. The zero-order valence-electron chi connectivity index (χ0n) is 14.8. The number of carbonyl (C=O) groups excluding carboxylic acids is 1. The van der Waals surface area contributed by atoms with Gasteiger partial charge in [-0.25, -0.2) is 9.78 Å². The average Bonchev–Trinajstić information content (AvgIpc) is 2.61. The number of nitrogens with zero attached hydrogens (tertiary/aromatic N) is 2. The molecule has 2 aromatic rings. The number of aromatic nitrogens is 3. The molecule has 136 valence electrons. The maximum Gasteiger partial charge on any atom is 0.336 e. The highest BCUT2D eigenvalue weighted by Gasteiger charge is 2.36. The van der Waals surface area contributed by atoms with E-state index in [-0.39, 0.29) is 12.2 Å². The molecule has 3 rings (SSSR count). The van der Waals surface area contributed by atoms with E-state index < -0.39 is 11.9 Å². The molecule has 0 amide bonds. The van der Waals surface area contributed by atoms with Crippen molar-refractivity contribution in [2.45, 2.75) is 31.8 Å². The molecule has 7 nitrogen and oxygen atoms in total. The number of thioether (sulfide) groups is 1. The lowest BCUT2D eigenvalue weighted by molar-refractivity contribution is -0.138. The Kier molecular flexibility index (Phi) is 5.41. The Morgan fingerprint density at radius 2 is 2.19 bits per heavy atom. The predicted octanol–water partition coefficient (Wildman–Crippen LogP) is 2.67. The lowest BCUT2D eigenvalue weighted by Gasteiger charge is -2.28. The molecule has 1 aliphatic heterocycles. The van der Waals surface area contributed by atoms with E-state index in [1.807, 2.05) is 13.0 Å². The minimum Gasteiger partial charge on any atom is -0.463 e. The first kappa shape index (κ1) is 18.2. The number of pyridine rings is 1. The first-order valence-electron chi connectivity index (χ1n) is 8.38. The second-order valence-electron chi connectivity index (χ2n) is 5.67. The summed E-state index contributed by atoms with van der Waals surface area (Å²) in [6.45, 7) is 5.77. The lowest BCUT2D eigenvalue weighted by Crippen LogP contribution is -2.31. The second kappa shape index (κ2) is 7.74. The molecular weight excluding hydrogens is 352 g/mol. The minimum absolute atomic E-state index is 0.253. The molecule has 0 radical (unpaired) electrons. The van der Waals surface area contributed by atoms with Gasteiger partial charge in [-0.2, -0.15) is 0 Å². The summed E-state index contributed by atoms with van der Waals surface area (Å²) in [5.41, 5.74) is 1.88. The van der Waals surface area contributed by atoms with E-state index in [4.69, 9.17) is 4.74 Å². The van der Waals surface area contributed by atoms with Gasteiger partial charge in [0.15, 0.2) is 5.16 Å². The number of fused-ring (bicyclic) bond motifs is 1. The van der Waals surface area contributed by atoms with E-state index in [0.717, 1.165) is 11.3 Å². The number of hydrogen-bond acceptors (Lipinski definition) is 7. The van der Waals surface area contributed by atoms with Gasteiger partial charge in [0.1, 0.15) is 5.82 Å².